The number of aliphatic hydroxyl groups excluding tert-OH is 1. The van der Waals surface area contributed by atoms with E-state index in [-0.39, 0.29) is 18.6 Å². The van der Waals surface area contributed by atoms with Gasteiger partial charge in [-0.2, -0.15) is 0 Å². The third kappa shape index (κ3) is 3.03. The molecule has 0 saturated carbocycles. The molecule has 0 radical (unpaired) electrons. The van der Waals surface area contributed by atoms with Gasteiger partial charge >= 0.3 is 0 Å². The minimum absolute atomic E-state index is 0.122. The van der Waals surface area contributed by atoms with Crippen molar-refractivity contribution >= 4 is 5.91 Å². The number of rotatable bonds is 5. The smallest absolute Gasteiger partial charge is 0.268 e. The van der Waals surface area contributed by atoms with Gasteiger partial charge in [0.25, 0.3) is 5.91 Å². The largest absolute Gasteiger partial charge is 0.394 e. The number of nitrogens with zero attached hydrogens (tertiary/aromatic N) is 1. The van der Waals surface area contributed by atoms with E-state index in [1.807, 2.05) is 54.1 Å². The van der Waals surface area contributed by atoms with Crippen LogP contribution in [-0.2, 0) is 6.54 Å². The number of aromatic nitrogens is 1. The summed E-state index contributed by atoms with van der Waals surface area (Å²) in [6, 6.07) is 12.7. The molecule has 0 saturated heterocycles. The van der Waals surface area contributed by atoms with Gasteiger partial charge in [-0.25, -0.2) is 0 Å². The van der Waals surface area contributed by atoms with Crippen LogP contribution in [0.25, 0.3) is 0 Å². The Morgan fingerprint density at radius 1 is 1.26 bits per heavy atom. The van der Waals surface area contributed by atoms with E-state index < -0.39 is 0 Å². The number of hydrogen-bond donors (Lipinski definition) is 2. The zero-order valence-corrected chi connectivity index (χ0v) is 10.9. The molecule has 1 heterocycles. The predicted octanol–water partition coefficient (Wildman–Crippen LogP) is 1.97. The highest BCUT2D eigenvalue weighted by atomic mass is 16.3. The average Bonchev–Trinajstić information content (AvgIpc) is 2.94. The highest BCUT2D eigenvalue weighted by Crippen LogP contribution is 2.13. The molecular weight excluding hydrogens is 240 g/mol. The van der Waals surface area contributed by atoms with Crippen molar-refractivity contribution < 1.29 is 9.90 Å². The maximum absolute atomic E-state index is 12.2. The molecule has 100 valence electrons. The van der Waals surface area contributed by atoms with Gasteiger partial charge < -0.3 is 15.0 Å². The molecule has 4 nitrogen and oxygen atoms in total. The number of nitrogens with one attached hydrogen (secondary N) is 1. The van der Waals surface area contributed by atoms with Gasteiger partial charge in [0.05, 0.1) is 12.6 Å². The zero-order valence-electron chi connectivity index (χ0n) is 10.9. The van der Waals surface area contributed by atoms with Crippen LogP contribution in [0.5, 0.6) is 0 Å². The van der Waals surface area contributed by atoms with Crippen LogP contribution in [0, 0.1) is 0 Å². The number of carbonyl (C=O) groups excluding carboxylic acids is 1. The Kier molecular flexibility index (Phi) is 4.36. The third-order valence-electron chi connectivity index (χ3n) is 3.09. The van der Waals surface area contributed by atoms with Gasteiger partial charge in [0.1, 0.15) is 5.69 Å². The maximum atomic E-state index is 12.2. The van der Waals surface area contributed by atoms with Gasteiger partial charge in [-0.3, -0.25) is 4.79 Å². The molecule has 1 aromatic heterocycles. The first-order chi connectivity index (χ1) is 9.26. The minimum Gasteiger partial charge on any atom is -0.394 e. The molecule has 0 unspecified atom stereocenters. The van der Waals surface area contributed by atoms with E-state index in [0.29, 0.717) is 5.69 Å². The van der Waals surface area contributed by atoms with Gasteiger partial charge in [-0.05, 0) is 24.6 Å². The second-order valence-corrected chi connectivity index (χ2v) is 4.30. The van der Waals surface area contributed by atoms with Crippen molar-refractivity contribution in [3.63, 3.8) is 0 Å². The molecule has 0 bridgehead atoms. The molecule has 1 aromatic carbocycles. The third-order valence-corrected chi connectivity index (χ3v) is 3.09. The summed E-state index contributed by atoms with van der Waals surface area (Å²) >= 11 is 0. The summed E-state index contributed by atoms with van der Waals surface area (Å²) in [6.07, 6.45) is 1.87. The van der Waals surface area contributed by atoms with Crippen molar-refractivity contribution in [1.82, 2.24) is 9.88 Å². The number of amides is 1. The van der Waals surface area contributed by atoms with E-state index in [1.54, 1.807) is 6.07 Å². The number of carbonyl (C=O) groups is 1. The number of aryl methyl sites for hydroxylation is 1. The second kappa shape index (κ2) is 6.20. The molecule has 2 N–H and O–H groups in total. The van der Waals surface area contributed by atoms with Crippen LogP contribution in [0.2, 0.25) is 0 Å². The number of benzene rings is 1. The lowest BCUT2D eigenvalue weighted by molar-refractivity contribution is 0.0907. The Morgan fingerprint density at radius 3 is 2.63 bits per heavy atom. The van der Waals surface area contributed by atoms with Crippen molar-refractivity contribution in [1.29, 1.82) is 0 Å². The molecule has 0 aliphatic rings. The molecule has 2 rings (SSSR count). The first-order valence-corrected chi connectivity index (χ1v) is 6.38. The topological polar surface area (TPSA) is 54.3 Å². The minimum atomic E-state index is -0.381. The lowest BCUT2D eigenvalue weighted by Gasteiger charge is -2.17. The molecule has 1 atom stereocenters. The maximum Gasteiger partial charge on any atom is 0.268 e. The van der Waals surface area contributed by atoms with Gasteiger partial charge in [0, 0.05) is 12.7 Å². The SMILES string of the molecule is CCn1cccc1C(=O)N[C@H](CO)c1ccccc1. The summed E-state index contributed by atoms with van der Waals surface area (Å²) in [5, 5.41) is 12.3. The van der Waals surface area contributed by atoms with Crippen LogP contribution >= 0.6 is 0 Å². The van der Waals surface area contributed by atoms with Gasteiger partial charge in [0.2, 0.25) is 0 Å². The molecule has 4 heteroatoms. The van der Waals surface area contributed by atoms with Crippen LogP contribution < -0.4 is 5.32 Å². The van der Waals surface area contributed by atoms with Gasteiger partial charge in [-0.15, -0.1) is 0 Å². The highest BCUT2D eigenvalue weighted by Gasteiger charge is 2.16. The number of aliphatic hydroxyl groups is 1. The molecule has 0 aliphatic carbocycles. The Hall–Kier alpha value is -2.07. The Balaban J connectivity index is 2.13. The first kappa shape index (κ1) is 13.4. The standard InChI is InChI=1S/C15H18N2O2/c1-2-17-10-6-9-14(17)15(19)16-13(11-18)12-7-4-3-5-8-12/h3-10,13,18H,2,11H2,1H3,(H,16,19)/t13-/m1/s1. The van der Waals surface area contributed by atoms with Gasteiger partial charge in [0.15, 0.2) is 0 Å². The van der Waals surface area contributed by atoms with Crippen molar-refractivity contribution in [3.05, 3.63) is 59.9 Å². The Labute approximate surface area is 112 Å². The molecule has 2 aromatic rings. The van der Waals surface area contributed by atoms with Crippen LogP contribution in [-0.4, -0.2) is 22.2 Å². The van der Waals surface area contributed by atoms with E-state index in [4.69, 9.17) is 0 Å². The van der Waals surface area contributed by atoms with Crippen molar-refractivity contribution in [2.24, 2.45) is 0 Å². The van der Waals surface area contributed by atoms with E-state index >= 15 is 0 Å². The molecule has 0 aliphatic heterocycles. The summed E-state index contributed by atoms with van der Waals surface area (Å²) < 4.78 is 1.87. The summed E-state index contributed by atoms with van der Waals surface area (Å²) in [6.45, 7) is 2.60. The van der Waals surface area contributed by atoms with Crippen molar-refractivity contribution in [2.45, 2.75) is 19.5 Å². The quantitative estimate of drug-likeness (QED) is 0.861. The second-order valence-electron chi connectivity index (χ2n) is 4.30. The summed E-state index contributed by atoms with van der Waals surface area (Å²) in [5.74, 6) is -0.172. The monoisotopic (exact) mass is 258 g/mol. The highest BCUT2D eigenvalue weighted by molar-refractivity contribution is 5.93. The molecule has 19 heavy (non-hydrogen) atoms. The molecule has 1 amide bonds. The fourth-order valence-corrected chi connectivity index (χ4v) is 2.05. The molecule has 0 spiro atoms. The van der Waals surface area contributed by atoms with Crippen LogP contribution in [0.15, 0.2) is 48.7 Å². The van der Waals surface area contributed by atoms with E-state index in [1.165, 1.54) is 0 Å². The zero-order chi connectivity index (χ0) is 13.7. The average molecular weight is 258 g/mol. The van der Waals surface area contributed by atoms with Crippen LogP contribution in [0.4, 0.5) is 0 Å². The first-order valence-electron chi connectivity index (χ1n) is 6.38. The Bertz CT molecular complexity index is 534. The van der Waals surface area contributed by atoms with Crippen LogP contribution in [0.1, 0.15) is 29.0 Å². The molecular formula is C15H18N2O2. The van der Waals surface area contributed by atoms with E-state index in [2.05, 4.69) is 5.32 Å². The summed E-state index contributed by atoms with van der Waals surface area (Å²) in [5.41, 5.74) is 1.50. The molecule has 0 fully saturated rings. The lowest BCUT2D eigenvalue weighted by atomic mass is 10.1. The number of hydrogen-bond acceptors (Lipinski definition) is 2. The Morgan fingerprint density at radius 2 is 2.00 bits per heavy atom. The van der Waals surface area contributed by atoms with E-state index in [9.17, 15) is 9.90 Å². The summed E-state index contributed by atoms with van der Waals surface area (Å²) in [7, 11) is 0. The fourth-order valence-electron chi connectivity index (χ4n) is 2.05. The van der Waals surface area contributed by atoms with Crippen molar-refractivity contribution in [2.75, 3.05) is 6.61 Å². The lowest BCUT2D eigenvalue weighted by Crippen LogP contribution is -2.32. The normalized spacial score (nSPS) is 12.1. The van der Waals surface area contributed by atoms with Crippen molar-refractivity contribution in [3.8, 4) is 0 Å². The predicted molar refractivity (Wildman–Crippen MR) is 73.8 cm³/mol. The van der Waals surface area contributed by atoms with E-state index in [0.717, 1.165) is 12.1 Å². The fraction of sp³-hybridized carbons (Fsp3) is 0.267. The summed E-state index contributed by atoms with van der Waals surface area (Å²) in [4.78, 5) is 12.2. The van der Waals surface area contributed by atoms with Gasteiger partial charge in [-0.1, -0.05) is 30.3 Å². The van der Waals surface area contributed by atoms with Crippen LogP contribution in [0.3, 0.4) is 0 Å².